The van der Waals surface area contributed by atoms with Crippen LogP contribution in [-0.2, 0) is 6.61 Å². The molecule has 0 aliphatic heterocycles. The number of nitrogens with zero attached hydrogens (tertiary/aromatic N) is 2. The molecule has 6 heteroatoms. The zero-order chi connectivity index (χ0) is 12.3. The molecule has 0 amide bonds. The smallest absolute Gasteiger partial charge is 0.139 e. The summed E-state index contributed by atoms with van der Waals surface area (Å²) >= 11 is 10.8. The van der Waals surface area contributed by atoms with Crippen molar-refractivity contribution in [2.75, 3.05) is 0 Å². The van der Waals surface area contributed by atoms with Crippen molar-refractivity contribution < 1.29 is 5.11 Å². The first kappa shape index (κ1) is 12.8. The second-order valence-corrected chi connectivity index (χ2v) is 5.38. The Morgan fingerprint density at radius 1 is 1.29 bits per heavy atom. The highest BCUT2D eigenvalue weighted by atomic mass is 79.9. The summed E-state index contributed by atoms with van der Waals surface area (Å²) in [5.74, 6) is 0. The third kappa shape index (κ3) is 2.98. The molecule has 0 unspecified atom stereocenters. The highest BCUT2D eigenvalue weighted by molar-refractivity contribution is 9.10. The Morgan fingerprint density at radius 3 is 2.76 bits per heavy atom. The number of aliphatic hydroxyl groups is 1. The Bertz CT molecular complexity index is 539. The standard InChI is InChI=1S/C11H8BrClN2OS/c12-8-3-1-2-4-9(8)17-11-7(5-16)10(13)14-6-15-11/h1-4,6,16H,5H2. The zero-order valence-electron chi connectivity index (χ0n) is 8.60. The van der Waals surface area contributed by atoms with Crippen LogP contribution in [0.5, 0.6) is 0 Å². The number of hydrogen-bond acceptors (Lipinski definition) is 4. The molecule has 0 saturated carbocycles. The Kier molecular flexibility index (Phi) is 4.39. The molecule has 1 aromatic heterocycles. The van der Waals surface area contributed by atoms with Crippen LogP contribution in [0.2, 0.25) is 5.15 Å². The molecule has 0 aliphatic carbocycles. The second-order valence-electron chi connectivity index (χ2n) is 3.14. The predicted octanol–water partition coefficient (Wildman–Crippen LogP) is 3.54. The minimum atomic E-state index is -0.174. The van der Waals surface area contributed by atoms with Crippen LogP contribution in [0.1, 0.15) is 5.56 Å². The van der Waals surface area contributed by atoms with Crippen LogP contribution >= 0.6 is 39.3 Å². The Labute approximate surface area is 116 Å². The molecule has 0 aliphatic rings. The molecule has 1 N–H and O–H groups in total. The Balaban J connectivity index is 2.37. The average Bonchev–Trinajstić information content (AvgIpc) is 2.32. The van der Waals surface area contributed by atoms with Crippen molar-refractivity contribution in [2.45, 2.75) is 16.5 Å². The Morgan fingerprint density at radius 2 is 2.06 bits per heavy atom. The lowest BCUT2D eigenvalue weighted by Gasteiger charge is -2.07. The van der Waals surface area contributed by atoms with E-state index in [4.69, 9.17) is 11.6 Å². The van der Waals surface area contributed by atoms with E-state index >= 15 is 0 Å². The monoisotopic (exact) mass is 330 g/mol. The zero-order valence-corrected chi connectivity index (χ0v) is 11.8. The molecule has 0 atom stereocenters. The van der Waals surface area contributed by atoms with Crippen LogP contribution in [-0.4, -0.2) is 15.1 Å². The quantitative estimate of drug-likeness (QED) is 0.874. The SMILES string of the molecule is OCc1c(Cl)ncnc1Sc1ccccc1Br. The third-order valence-corrected chi connectivity index (χ3v) is 4.46. The van der Waals surface area contributed by atoms with Gasteiger partial charge in [-0.3, -0.25) is 0 Å². The fourth-order valence-electron chi connectivity index (χ4n) is 1.23. The predicted molar refractivity (Wildman–Crippen MR) is 71.2 cm³/mol. The Hall–Kier alpha value is -0.620. The van der Waals surface area contributed by atoms with Gasteiger partial charge < -0.3 is 5.11 Å². The van der Waals surface area contributed by atoms with Gasteiger partial charge in [0.05, 0.1) is 6.61 Å². The first-order valence-electron chi connectivity index (χ1n) is 4.75. The van der Waals surface area contributed by atoms with Crippen molar-refractivity contribution in [1.29, 1.82) is 0 Å². The molecule has 2 rings (SSSR count). The van der Waals surface area contributed by atoms with Gasteiger partial charge in [0.2, 0.25) is 0 Å². The van der Waals surface area contributed by atoms with Crippen molar-refractivity contribution in [1.82, 2.24) is 9.97 Å². The third-order valence-electron chi connectivity index (χ3n) is 2.05. The summed E-state index contributed by atoms with van der Waals surface area (Å²) in [6, 6.07) is 7.79. The first-order valence-corrected chi connectivity index (χ1v) is 6.73. The number of benzene rings is 1. The molecular formula is C11H8BrClN2OS. The molecule has 0 saturated heterocycles. The van der Waals surface area contributed by atoms with E-state index in [0.717, 1.165) is 9.37 Å². The van der Waals surface area contributed by atoms with Crippen LogP contribution in [0.4, 0.5) is 0 Å². The lowest BCUT2D eigenvalue weighted by atomic mass is 10.4. The second kappa shape index (κ2) is 5.82. The van der Waals surface area contributed by atoms with Crippen LogP contribution in [0.3, 0.4) is 0 Å². The maximum Gasteiger partial charge on any atom is 0.139 e. The van der Waals surface area contributed by atoms with Gasteiger partial charge in [-0.05, 0) is 28.1 Å². The number of halogens is 2. The minimum Gasteiger partial charge on any atom is -0.391 e. The number of hydrogen-bond donors (Lipinski definition) is 1. The van der Waals surface area contributed by atoms with E-state index in [1.165, 1.54) is 18.1 Å². The van der Waals surface area contributed by atoms with E-state index in [9.17, 15) is 5.11 Å². The molecule has 0 fully saturated rings. The summed E-state index contributed by atoms with van der Waals surface area (Å²) in [4.78, 5) is 8.99. The van der Waals surface area contributed by atoms with Crippen molar-refractivity contribution in [2.24, 2.45) is 0 Å². The summed E-state index contributed by atoms with van der Waals surface area (Å²) in [5.41, 5.74) is 0.551. The minimum absolute atomic E-state index is 0.174. The summed E-state index contributed by atoms with van der Waals surface area (Å²) in [7, 11) is 0. The lowest BCUT2D eigenvalue weighted by molar-refractivity contribution is 0.277. The van der Waals surface area contributed by atoms with E-state index in [0.29, 0.717) is 10.6 Å². The number of aliphatic hydroxyl groups excluding tert-OH is 1. The molecule has 17 heavy (non-hydrogen) atoms. The normalized spacial score (nSPS) is 10.5. The van der Waals surface area contributed by atoms with E-state index in [1.54, 1.807) is 0 Å². The lowest BCUT2D eigenvalue weighted by Crippen LogP contribution is -1.95. The van der Waals surface area contributed by atoms with E-state index in [-0.39, 0.29) is 11.8 Å². The van der Waals surface area contributed by atoms with Gasteiger partial charge in [0, 0.05) is 14.9 Å². The van der Waals surface area contributed by atoms with Gasteiger partial charge >= 0.3 is 0 Å². The summed E-state index contributed by atoms with van der Waals surface area (Å²) in [6.07, 6.45) is 1.39. The average molecular weight is 332 g/mol. The molecule has 88 valence electrons. The first-order chi connectivity index (χ1) is 8.22. The molecular weight excluding hydrogens is 324 g/mol. The van der Waals surface area contributed by atoms with E-state index in [2.05, 4.69) is 25.9 Å². The number of aromatic nitrogens is 2. The molecule has 1 heterocycles. The van der Waals surface area contributed by atoms with Crippen LogP contribution in [0.15, 0.2) is 45.0 Å². The van der Waals surface area contributed by atoms with Crippen molar-refractivity contribution in [3.63, 3.8) is 0 Å². The molecule has 3 nitrogen and oxygen atoms in total. The van der Waals surface area contributed by atoms with Gasteiger partial charge in [0.1, 0.15) is 16.5 Å². The highest BCUT2D eigenvalue weighted by Gasteiger charge is 2.11. The largest absolute Gasteiger partial charge is 0.391 e. The fourth-order valence-corrected chi connectivity index (χ4v) is 2.91. The van der Waals surface area contributed by atoms with Gasteiger partial charge in [-0.15, -0.1) is 0 Å². The van der Waals surface area contributed by atoms with Crippen molar-refractivity contribution >= 4 is 39.3 Å². The van der Waals surface area contributed by atoms with Gasteiger partial charge in [-0.2, -0.15) is 0 Å². The van der Waals surface area contributed by atoms with Crippen molar-refractivity contribution in [3.8, 4) is 0 Å². The van der Waals surface area contributed by atoms with Crippen molar-refractivity contribution in [3.05, 3.63) is 45.8 Å². The van der Waals surface area contributed by atoms with Gasteiger partial charge in [-0.1, -0.05) is 35.5 Å². The van der Waals surface area contributed by atoms with Gasteiger partial charge in [0.15, 0.2) is 0 Å². The van der Waals surface area contributed by atoms with Crippen LogP contribution in [0.25, 0.3) is 0 Å². The molecule has 0 bridgehead atoms. The number of rotatable bonds is 3. The molecule has 2 aromatic rings. The maximum atomic E-state index is 9.26. The topological polar surface area (TPSA) is 46.0 Å². The molecule has 0 spiro atoms. The van der Waals surface area contributed by atoms with Gasteiger partial charge in [0.25, 0.3) is 0 Å². The van der Waals surface area contributed by atoms with E-state index in [1.807, 2.05) is 24.3 Å². The van der Waals surface area contributed by atoms with Gasteiger partial charge in [-0.25, -0.2) is 9.97 Å². The molecule has 0 radical (unpaired) electrons. The van der Waals surface area contributed by atoms with Crippen LogP contribution < -0.4 is 0 Å². The summed E-state index contributed by atoms with van der Waals surface area (Å²) in [6.45, 7) is -0.174. The highest BCUT2D eigenvalue weighted by Crippen LogP contribution is 2.35. The summed E-state index contributed by atoms with van der Waals surface area (Å²) < 4.78 is 0.976. The maximum absolute atomic E-state index is 9.26. The van der Waals surface area contributed by atoms with Crippen LogP contribution in [0, 0.1) is 0 Å². The van der Waals surface area contributed by atoms with E-state index < -0.39 is 0 Å². The fraction of sp³-hybridized carbons (Fsp3) is 0.0909. The molecule has 1 aromatic carbocycles. The summed E-state index contributed by atoms with van der Waals surface area (Å²) in [5, 5.41) is 10.2.